The van der Waals surface area contributed by atoms with Crippen molar-refractivity contribution in [3.63, 3.8) is 0 Å². The van der Waals surface area contributed by atoms with Gasteiger partial charge in [0, 0.05) is 11.6 Å². The number of hydrogen-bond acceptors (Lipinski definition) is 9. The van der Waals surface area contributed by atoms with Crippen molar-refractivity contribution in [2.75, 3.05) is 14.2 Å². The zero-order chi connectivity index (χ0) is 23.8. The molecule has 33 heavy (non-hydrogen) atoms. The van der Waals surface area contributed by atoms with E-state index in [1.54, 1.807) is 42.5 Å². The van der Waals surface area contributed by atoms with E-state index < -0.39 is 17.8 Å². The Labute approximate surface area is 193 Å². The summed E-state index contributed by atoms with van der Waals surface area (Å²) in [5, 5.41) is 10.7. The Kier molecular flexibility index (Phi) is 7.82. The summed E-state index contributed by atoms with van der Waals surface area (Å²) < 4.78 is 15.7. The van der Waals surface area contributed by atoms with E-state index in [9.17, 15) is 14.4 Å². The summed E-state index contributed by atoms with van der Waals surface area (Å²) in [5.74, 6) is -0.726. The molecule has 1 saturated heterocycles. The topological polar surface area (TPSA) is 142 Å². The molecule has 2 amide bonds. The van der Waals surface area contributed by atoms with E-state index in [0.29, 0.717) is 22.6 Å². The summed E-state index contributed by atoms with van der Waals surface area (Å²) in [5.41, 5.74) is 7.07. The van der Waals surface area contributed by atoms with Crippen LogP contribution in [0, 0.1) is 0 Å². The number of esters is 1. The molecule has 0 spiro atoms. The van der Waals surface area contributed by atoms with Crippen molar-refractivity contribution in [2.24, 2.45) is 15.9 Å². The van der Waals surface area contributed by atoms with Gasteiger partial charge >= 0.3 is 5.97 Å². The van der Waals surface area contributed by atoms with E-state index in [4.69, 9.17) is 15.2 Å². The number of methoxy groups -OCH3 is 2. The van der Waals surface area contributed by atoms with Gasteiger partial charge in [0.1, 0.15) is 18.1 Å². The van der Waals surface area contributed by atoms with Gasteiger partial charge < -0.3 is 19.9 Å². The van der Waals surface area contributed by atoms with Crippen molar-refractivity contribution in [2.45, 2.75) is 6.61 Å². The van der Waals surface area contributed by atoms with E-state index in [0.717, 1.165) is 17.8 Å². The van der Waals surface area contributed by atoms with Crippen molar-refractivity contribution in [3.8, 4) is 11.5 Å². The molecule has 2 aromatic rings. The molecular weight excluding hydrogens is 448 g/mol. The number of amidine groups is 1. The van der Waals surface area contributed by atoms with Crippen LogP contribution in [0.5, 0.6) is 11.5 Å². The highest BCUT2D eigenvalue weighted by Gasteiger charge is 2.25. The second kappa shape index (κ2) is 11.0. The van der Waals surface area contributed by atoms with Crippen LogP contribution in [0.15, 0.2) is 63.6 Å². The first-order valence-electron chi connectivity index (χ1n) is 9.49. The summed E-state index contributed by atoms with van der Waals surface area (Å²) in [6, 6.07) is 12.0. The summed E-state index contributed by atoms with van der Waals surface area (Å²) in [7, 11) is 2.76. The van der Waals surface area contributed by atoms with Gasteiger partial charge in [-0.05, 0) is 47.7 Å². The molecular formula is C22H20N4O6S. The summed E-state index contributed by atoms with van der Waals surface area (Å²) in [4.78, 5) is 34.9. The van der Waals surface area contributed by atoms with Crippen LogP contribution < -0.4 is 20.5 Å². The normalized spacial score (nSPS) is 15.6. The average Bonchev–Trinajstić information content (AvgIpc) is 3.16. The number of primary amides is 1. The van der Waals surface area contributed by atoms with Crippen LogP contribution in [0.25, 0.3) is 0 Å². The fourth-order valence-corrected chi connectivity index (χ4v) is 3.47. The van der Waals surface area contributed by atoms with Crippen LogP contribution in [0.4, 0.5) is 0 Å². The lowest BCUT2D eigenvalue weighted by Gasteiger charge is -2.12. The van der Waals surface area contributed by atoms with Crippen LogP contribution in [-0.4, -0.2) is 43.4 Å². The van der Waals surface area contributed by atoms with E-state index in [1.807, 2.05) is 0 Å². The number of carbonyl (C=O) groups excluding carboxylic acids is 3. The fraction of sp³-hybridized carbons (Fsp3) is 0.136. The molecule has 10 nitrogen and oxygen atoms in total. The van der Waals surface area contributed by atoms with Gasteiger partial charge in [-0.15, -0.1) is 5.10 Å². The molecule has 0 atom stereocenters. The Morgan fingerprint density at radius 3 is 2.67 bits per heavy atom. The number of para-hydroxylation sites is 1. The van der Waals surface area contributed by atoms with E-state index in [1.165, 1.54) is 20.4 Å². The zero-order valence-corrected chi connectivity index (χ0v) is 18.5. The molecule has 1 heterocycles. The Morgan fingerprint density at radius 1 is 1.15 bits per heavy atom. The Morgan fingerprint density at radius 2 is 1.94 bits per heavy atom. The number of ether oxygens (including phenoxy) is 3. The molecule has 170 valence electrons. The first kappa shape index (κ1) is 23.5. The van der Waals surface area contributed by atoms with Crippen molar-refractivity contribution < 1.29 is 28.6 Å². The third kappa shape index (κ3) is 6.20. The van der Waals surface area contributed by atoms with Crippen molar-refractivity contribution >= 4 is 40.9 Å². The molecule has 1 aliphatic heterocycles. The highest BCUT2D eigenvalue weighted by atomic mass is 32.2. The van der Waals surface area contributed by atoms with Crippen molar-refractivity contribution in [1.82, 2.24) is 5.32 Å². The number of carbonyl (C=O) groups is 3. The van der Waals surface area contributed by atoms with Gasteiger partial charge in [-0.25, -0.2) is 4.79 Å². The number of nitrogens with zero attached hydrogens (tertiary/aromatic N) is 2. The molecule has 0 aromatic heterocycles. The van der Waals surface area contributed by atoms with Crippen LogP contribution in [0.3, 0.4) is 0 Å². The lowest BCUT2D eigenvalue weighted by atomic mass is 10.1. The van der Waals surface area contributed by atoms with Crippen molar-refractivity contribution in [1.29, 1.82) is 0 Å². The second-order valence-electron chi connectivity index (χ2n) is 6.46. The number of thioether (sulfide) groups is 1. The highest BCUT2D eigenvalue weighted by Crippen LogP contribution is 2.25. The number of amides is 2. The molecule has 2 aromatic carbocycles. The molecule has 0 unspecified atom stereocenters. The van der Waals surface area contributed by atoms with Crippen LogP contribution in [-0.2, 0) is 20.9 Å². The van der Waals surface area contributed by atoms with Crippen LogP contribution in [0.1, 0.15) is 21.5 Å². The lowest BCUT2D eigenvalue weighted by molar-refractivity contribution is -0.135. The third-order valence-corrected chi connectivity index (χ3v) is 5.20. The number of rotatable bonds is 8. The fourth-order valence-electron chi connectivity index (χ4n) is 2.73. The zero-order valence-electron chi connectivity index (χ0n) is 17.7. The van der Waals surface area contributed by atoms with E-state index >= 15 is 0 Å². The molecule has 11 heteroatoms. The monoisotopic (exact) mass is 468 g/mol. The summed E-state index contributed by atoms with van der Waals surface area (Å²) in [6.07, 6.45) is 2.57. The molecule has 0 aliphatic carbocycles. The first-order valence-corrected chi connectivity index (χ1v) is 10.3. The third-order valence-electron chi connectivity index (χ3n) is 4.30. The maximum atomic E-state index is 11.8. The SMILES string of the molecule is COC(=O)/C=C1/S/C(=N\N=Cc2ccc(OC)c(COc3ccccc3C(N)=O)c2)NC1=O. The minimum Gasteiger partial charge on any atom is -0.496 e. The smallest absolute Gasteiger partial charge is 0.331 e. The molecule has 3 rings (SSSR count). The Bertz CT molecular complexity index is 1180. The average molecular weight is 468 g/mol. The number of hydrogen-bond donors (Lipinski definition) is 2. The maximum Gasteiger partial charge on any atom is 0.331 e. The molecule has 0 bridgehead atoms. The van der Waals surface area contributed by atoms with Gasteiger partial charge in [0.15, 0.2) is 5.17 Å². The van der Waals surface area contributed by atoms with Gasteiger partial charge in [-0.3, -0.25) is 14.9 Å². The Balaban J connectivity index is 1.72. The standard InChI is InChI=1S/C22H20N4O6S/c1-30-16-8-7-13(9-14(16)12-32-17-6-4-3-5-15(17)20(23)28)11-24-26-22-25-21(29)18(33-22)10-19(27)31-2/h3-11H,12H2,1-2H3,(H2,23,28)(H,25,26,29)/b18-10+,24-11?. The first-order chi connectivity index (χ1) is 15.9. The number of nitrogens with one attached hydrogen (secondary N) is 1. The molecule has 0 radical (unpaired) electrons. The van der Waals surface area contributed by atoms with Gasteiger partial charge in [0.2, 0.25) is 0 Å². The van der Waals surface area contributed by atoms with E-state index in [-0.39, 0.29) is 22.2 Å². The highest BCUT2D eigenvalue weighted by molar-refractivity contribution is 8.18. The Hall–Kier alpha value is -4.12. The van der Waals surface area contributed by atoms with Gasteiger partial charge in [-0.1, -0.05) is 12.1 Å². The van der Waals surface area contributed by atoms with Crippen LogP contribution >= 0.6 is 11.8 Å². The van der Waals surface area contributed by atoms with Gasteiger partial charge in [0.25, 0.3) is 11.8 Å². The second-order valence-corrected chi connectivity index (χ2v) is 7.49. The minimum absolute atomic E-state index is 0.122. The summed E-state index contributed by atoms with van der Waals surface area (Å²) in [6.45, 7) is 0.122. The van der Waals surface area contributed by atoms with Gasteiger partial charge in [-0.2, -0.15) is 5.10 Å². The molecule has 0 saturated carbocycles. The van der Waals surface area contributed by atoms with Crippen molar-refractivity contribution in [3.05, 3.63) is 70.1 Å². The predicted molar refractivity (Wildman–Crippen MR) is 123 cm³/mol. The molecule has 1 fully saturated rings. The largest absolute Gasteiger partial charge is 0.496 e. The van der Waals surface area contributed by atoms with Crippen LogP contribution in [0.2, 0.25) is 0 Å². The molecule has 3 N–H and O–H groups in total. The quantitative estimate of drug-likeness (QED) is 0.261. The minimum atomic E-state index is -0.635. The lowest BCUT2D eigenvalue weighted by Crippen LogP contribution is -2.19. The summed E-state index contributed by atoms with van der Waals surface area (Å²) >= 11 is 0.974. The van der Waals surface area contributed by atoms with Gasteiger partial charge in [0.05, 0.1) is 30.9 Å². The van der Waals surface area contributed by atoms with E-state index in [2.05, 4.69) is 20.3 Å². The molecule has 1 aliphatic rings. The maximum absolute atomic E-state index is 11.8. The number of benzene rings is 2. The number of nitrogens with two attached hydrogens (primary N) is 1. The predicted octanol–water partition coefficient (Wildman–Crippen LogP) is 1.98.